The Bertz CT molecular complexity index is 1750. The van der Waals surface area contributed by atoms with Gasteiger partial charge in [0.15, 0.2) is 0 Å². The molecule has 1 atom stereocenters. The Labute approximate surface area is 205 Å². The average Bonchev–Trinajstić information content (AvgIpc) is 3.04. The van der Waals surface area contributed by atoms with E-state index in [0.717, 1.165) is 33.2 Å². The number of benzene rings is 3. The zero-order valence-corrected chi connectivity index (χ0v) is 19.9. The Hall–Kier alpha value is -4.48. The first kappa shape index (κ1) is 21.1. The maximum atomic E-state index is 3.63. The highest BCUT2D eigenvalue weighted by Crippen LogP contribution is 2.29. The molecular formula is C33H26N2. The van der Waals surface area contributed by atoms with Crippen molar-refractivity contribution in [3.63, 3.8) is 0 Å². The summed E-state index contributed by atoms with van der Waals surface area (Å²) >= 11 is 0. The quantitative estimate of drug-likeness (QED) is 0.352. The molecule has 0 saturated carbocycles. The fourth-order valence-electron chi connectivity index (χ4n) is 4.90. The third-order valence-electron chi connectivity index (χ3n) is 6.68. The molecule has 4 aromatic rings. The lowest BCUT2D eigenvalue weighted by molar-refractivity contribution is 0.894. The molecule has 2 heteroatoms. The minimum Gasteiger partial charge on any atom is -0.352 e. The number of para-hydroxylation sites is 3. The van der Waals surface area contributed by atoms with Crippen LogP contribution in [0.3, 0.4) is 0 Å². The number of anilines is 1. The molecule has 1 aromatic heterocycles. The van der Waals surface area contributed by atoms with Crippen molar-refractivity contribution >= 4 is 34.0 Å². The van der Waals surface area contributed by atoms with E-state index in [1.807, 2.05) is 0 Å². The Balaban J connectivity index is 1.42. The Morgan fingerprint density at radius 3 is 2.54 bits per heavy atom. The minimum absolute atomic E-state index is 0.232. The number of hydrogen-bond donors (Lipinski definition) is 1. The van der Waals surface area contributed by atoms with Gasteiger partial charge in [0.25, 0.3) is 0 Å². The fourth-order valence-corrected chi connectivity index (χ4v) is 4.90. The van der Waals surface area contributed by atoms with Gasteiger partial charge in [0.1, 0.15) is 0 Å². The van der Waals surface area contributed by atoms with Crippen LogP contribution in [0, 0.1) is 5.92 Å². The molecule has 0 amide bonds. The van der Waals surface area contributed by atoms with Crippen LogP contribution in [0.1, 0.15) is 19.4 Å². The highest BCUT2D eigenvalue weighted by atomic mass is 15.0. The molecule has 2 aliphatic rings. The maximum Gasteiger partial charge on any atom is 0.0618 e. The summed E-state index contributed by atoms with van der Waals surface area (Å²) in [5, 5.41) is 6.92. The topological polar surface area (TPSA) is 17.0 Å². The number of nitrogens with zero attached hydrogens (tertiary/aromatic N) is 1. The van der Waals surface area contributed by atoms with Crippen LogP contribution in [0.4, 0.5) is 5.69 Å². The Morgan fingerprint density at radius 2 is 1.66 bits per heavy atom. The van der Waals surface area contributed by atoms with Crippen molar-refractivity contribution in [3.8, 4) is 5.69 Å². The summed E-state index contributed by atoms with van der Waals surface area (Å²) in [4.78, 5) is 0. The van der Waals surface area contributed by atoms with E-state index in [1.165, 1.54) is 22.0 Å². The van der Waals surface area contributed by atoms with Crippen molar-refractivity contribution in [1.82, 2.24) is 4.57 Å². The molecule has 3 aromatic carbocycles. The number of nitrogens with one attached hydrogen (secondary N) is 1. The van der Waals surface area contributed by atoms with Crippen LogP contribution in [0.15, 0.2) is 120 Å². The minimum atomic E-state index is 0.232. The van der Waals surface area contributed by atoms with E-state index in [1.54, 1.807) is 0 Å². The first-order valence-electron chi connectivity index (χ1n) is 12.0. The standard InChI is InChI=1S/C33H26N2/c1-23(16-17-26-22-24(2)34-31-14-8-6-12-28(26)31)25-18-20-30-29-13-7-9-15-32(29)35(33(30)21-19-25)27-10-4-3-5-11-27/h3-19,21,23,34H,1-2H3/b17-16-. The van der Waals surface area contributed by atoms with Crippen LogP contribution in [0.2, 0.25) is 0 Å². The van der Waals surface area contributed by atoms with Gasteiger partial charge in [-0.15, -0.1) is 5.73 Å². The second-order valence-electron chi connectivity index (χ2n) is 9.05. The summed E-state index contributed by atoms with van der Waals surface area (Å²) in [5.41, 5.74) is 15.2. The van der Waals surface area contributed by atoms with Crippen LogP contribution in [0.5, 0.6) is 0 Å². The van der Waals surface area contributed by atoms with Gasteiger partial charge < -0.3 is 9.88 Å². The molecule has 1 N–H and O–H groups in total. The number of hydrogen-bond acceptors (Lipinski definition) is 1. The highest BCUT2D eigenvalue weighted by Gasteiger charge is 2.12. The lowest BCUT2D eigenvalue weighted by atomic mass is 9.96. The van der Waals surface area contributed by atoms with Gasteiger partial charge in [0.2, 0.25) is 0 Å². The van der Waals surface area contributed by atoms with Crippen molar-refractivity contribution in [2.75, 3.05) is 5.32 Å². The van der Waals surface area contributed by atoms with E-state index in [9.17, 15) is 0 Å². The van der Waals surface area contributed by atoms with Crippen LogP contribution >= 0.6 is 0 Å². The molecule has 6 rings (SSSR count). The molecule has 0 spiro atoms. The zero-order chi connectivity index (χ0) is 23.8. The van der Waals surface area contributed by atoms with Gasteiger partial charge in [0, 0.05) is 33.1 Å². The van der Waals surface area contributed by atoms with Crippen molar-refractivity contribution in [2.24, 2.45) is 5.92 Å². The molecular weight excluding hydrogens is 424 g/mol. The molecule has 0 saturated heterocycles. The summed E-state index contributed by atoms with van der Waals surface area (Å²) in [6.45, 7) is 4.29. The Kier molecular flexibility index (Phi) is 5.24. The summed E-state index contributed by atoms with van der Waals surface area (Å²) in [5.74, 6) is 0.232. The number of rotatable bonds is 4. The zero-order valence-electron chi connectivity index (χ0n) is 19.9. The molecule has 2 nitrogen and oxygen atoms in total. The third kappa shape index (κ3) is 3.82. The van der Waals surface area contributed by atoms with E-state index >= 15 is 0 Å². The van der Waals surface area contributed by atoms with Gasteiger partial charge in [0.05, 0.1) is 16.6 Å². The lowest BCUT2D eigenvalue weighted by Gasteiger charge is -2.16. The molecule has 1 unspecified atom stereocenters. The molecule has 0 radical (unpaired) electrons. The van der Waals surface area contributed by atoms with Gasteiger partial charge in [-0.05, 0) is 60.9 Å². The average molecular weight is 451 g/mol. The van der Waals surface area contributed by atoms with Gasteiger partial charge in [-0.2, -0.15) is 0 Å². The summed E-state index contributed by atoms with van der Waals surface area (Å²) < 4.78 is 2.33. The lowest BCUT2D eigenvalue weighted by Crippen LogP contribution is -2.27. The highest BCUT2D eigenvalue weighted by molar-refractivity contribution is 5.86. The predicted octanol–water partition coefficient (Wildman–Crippen LogP) is 6.49. The smallest absolute Gasteiger partial charge is 0.0618 e. The molecule has 35 heavy (non-hydrogen) atoms. The second kappa shape index (κ2) is 8.70. The van der Waals surface area contributed by atoms with E-state index < -0.39 is 0 Å². The monoisotopic (exact) mass is 450 g/mol. The molecule has 168 valence electrons. The predicted molar refractivity (Wildman–Crippen MR) is 148 cm³/mol. The third-order valence-corrected chi connectivity index (χ3v) is 6.68. The van der Waals surface area contributed by atoms with E-state index in [4.69, 9.17) is 0 Å². The second-order valence-corrected chi connectivity index (χ2v) is 9.05. The van der Waals surface area contributed by atoms with E-state index in [0.29, 0.717) is 0 Å². The molecule has 0 bridgehead atoms. The maximum absolute atomic E-state index is 3.63. The molecule has 0 fully saturated rings. The van der Waals surface area contributed by atoms with Gasteiger partial charge in [-0.25, -0.2) is 0 Å². The SMILES string of the molecule is CC1=C=C(/C=C\C(C)C2=CC=c3c(c4ccccc4n3-c3ccccc3)=C=C2)c2ccccc2N1. The first-order chi connectivity index (χ1) is 17.2. The van der Waals surface area contributed by atoms with Crippen molar-refractivity contribution in [3.05, 3.63) is 136 Å². The Morgan fingerprint density at radius 1 is 0.886 bits per heavy atom. The fraction of sp³-hybridized carbons (Fsp3) is 0.0909. The largest absolute Gasteiger partial charge is 0.352 e. The van der Waals surface area contributed by atoms with Crippen molar-refractivity contribution < 1.29 is 0 Å². The number of fused-ring (bicyclic) bond motifs is 4. The molecule has 1 aliphatic heterocycles. The van der Waals surface area contributed by atoms with Gasteiger partial charge >= 0.3 is 0 Å². The number of aromatic nitrogens is 1. The van der Waals surface area contributed by atoms with Crippen LogP contribution in [0.25, 0.3) is 34.0 Å². The van der Waals surface area contributed by atoms with Crippen molar-refractivity contribution in [1.29, 1.82) is 0 Å². The van der Waals surface area contributed by atoms with E-state index in [2.05, 4.69) is 144 Å². The summed E-state index contributed by atoms with van der Waals surface area (Å²) in [6.07, 6.45) is 11.1. The van der Waals surface area contributed by atoms with Crippen LogP contribution in [-0.4, -0.2) is 4.57 Å². The van der Waals surface area contributed by atoms with Crippen LogP contribution in [-0.2, 0) is 0 Å². The molecule has 2 heterocycles. The molecule has 1 aliphatic carbocycles. The van der Waals surface area contributed by atoms with Gasteiger partial charge in [-0.3, -0.25) is 0 Å². The first-order valence-corrected chi connectivity index (χ1v) is 12.0. The summed E-state index contributed by atoms with van der Waals surface area (Å²) in [6, 6.07) is 27.5. The summed E-state index contributed by atoms with van der Waals surface area (Å²) in [7, 11) is 0. The van der Waals surface area contributed by atoms with Crippen molar-refractivity contribution in [2.45, 2.75) is 13.8 Å². The normalized spacial score (nSPS) is 15.1. The van der Waals surface area contributed by atoms with Gasteiger partial charge in [-0.1, -0.05) is 79.4 Å². The van der Waals surface area contributed by atoms with Crippen LogP contribution < -0.4 is 15.9 Å². The number of allylic oxidation sites excluding steroid dienone is 6. The van der Waals surface area contributed by atoms with E-state index in [-0.39, 0.29) is 5.92 Å².